The molecule has 2 aromatic carbocycles. The van der Waals surface area contributed by atoms with Crippen LogP contribution in [0.15, 0.2) is 48.5 Å². The zero-order valence-electron chi connectivity index (χ0n) is 13.5. The molecule has 0 radical (unpaired) electrons. The van der Waals surface area contributed by atoms with E-state index in [1.807, 2.05) is 12.1 Å². The fourth-order valence-electron chi connectivity index (χ4n) is 2.48. The molecular weight excluding hydrogens is 272 g/mol. The van der Waals surface area contributed by atoms with E-state index >= 15 is 0 Å². The standard InChI is InChI=1S/C20H24O2/c1-16-7-9-17(10-8-16)5-3-4-6-18-11-13-19(14-12-18)15-20(21)22-2/h7-14H,3-6,15H2,1-2H3. The van der Waals surface area contributed by atoms with Gasteiger partial charge in [-0.05, 0) is 49.3 Å². The zero-order valence-corrected chi connectivity index (χ0v) is 13.5. The second-order valence-corrected chi connectivity index (χ2v) is 5.76. The van der Waals surface area contributed by atoms with Gasteiger partial charge in [0.15, 0.2) is 0 Å². The van der Waals surface area contributed by atoms with Crippen LogP contribution in [0.4, 0.5) is 0 Å². The van der Waals surface area contributed by atoms with Gasteiger partial charge in [0.05, 0.1) is 13.5 Å². The van der Waals surface area contributed by atoms with Crippen LogP contribution in [0.25, 0.3) is 0 Å². The molecule has 0 atom stereocenters. The summed E-state index contributed by atoms with van der Waals surface area (Å²) in [5.74, 6) is -0.189. The molecule has 0 saturated carbocycles. The molecule has 0 N–H and O–H groups in total. The maximum absolute atomic E-state index is 11.2. The van der Waals surface area contributed by atoms with Crippen LogP contribution in [0.3, 0.4) is 0 Å². The van der Waals surface area contributed by atoms with Gasteiger partial charge in [0.1, 0.15) is 0 Å². The Hall–Kier alpha value is -2.09. The summed E-state index contributed by atoms with van der Waals surface area (Å²) in [7, 11) is 1.42. The second-order valence-electron chi connectivity index (χ2n) is 5.76. The van der Waals surface area contributed by atoms with Crippen molar-refractivity contribution in [3.8, 4) is 0 Å². The van der Waals surface area contributed by atoms with Gasteiger partial charge in [-0.1, -0.05) is 54.1 Å². The molecule has 0 aliphatic carbocycles. The predicted molar refractivity (Wildman–Crippen MR) is 90.0 cm³/mol. The Morgan fingerprint density at radius 2 is 1.27 bits per heavy atom. The Bertz CT molecular complexity index is 582. The molecule has 0 fully saturated rings. The highest BCUT2D eigenvalue weighted by Crippen LogP contribution is 2.12. The van der Waals surface area contributed by atoms with Crippen LogP contribution >= 0.6 is 0 Å². The summed E-state index contributed by atoms with van der Waals surface area (Å²) in [6.45, 7) is 2.12. The van der Waals surface area contributed by atoms with Gasteiger partial charge in [-0.3, -0.25) is 4.79 Å². The largest absolute Gasteiger partial charge is 0.469 e. The average molecular weight is 296 g/mol. The van der Waals surface area contributed by atoms with Crippen molar-refractivity contribution in [3.05, 3.63) is 70.8 Å². The van der Waals surface area contributed by atoms with Gasteiger partial charge in [0.2, 0.25) is 0 Å². The summed E-state index contributed by atoms with van der Waals surface area (Å²) in [5.41, 5.74) is 5.07. The molecule has 0 heterocycles. The normalized spacial score (nSPS) is 10.5. The highest BCUT2D eigenvalue weighted by Gasteiger charge is 2.02. The van der Waals surface area contributed by atoms with E-state index in [1.165, 1.54) is 36.6 Å². The van der Waals surface area contributed by atoms with Gasteiger partial charge < -0.3 is 4.74 Å². The van der Waals surface area contributed by atoms with Crippen molar-refractivity contribution in [2.75, 3.05) is 7.11 Å². The third-order valence-corrected chi connectivity index (χ3v) is 3.90. The molecule has 0 unspecified atom stereocenters. The molecule has 0 spiro atoms. The number of rotatable bonds is 7. The number of unbranched alkanes of at least 4 members (excludes halogenated alkanes) is 1. The van der Waals surface area contributed by atoms with Crippen molar-refractivity contribution >= 4 is 5.97 Å². The Balaban J connectivity index is 1.72. The summed E-state index contributed by atoms with van der Waals surface area (Å²) in [6.07, 6.45) is 4.96. The first kappa shape index (κ1) is 16.3. The summed E-state index contributed by atoms with van der Waals surface area (Å²) >= 11 is 0. The molecule has 22 heavy (non-hydrogen) atoms. The third kappa shape index (κ3) is 5.36. The van der Waals surface area contributed by atoms with E-state index in [2.05, 4.69) is 48.1 Å². The number of carbonyl (C=O) groups is 1. The lowest BCUT2D eigenvalue weighted by Gasteiger charge is -2.05. The second kappa shape index (κ2) is 8.38. The molecule has 0 amide bonds. The Labute approximate surface area is 133 Å². The highest BCUT2D eigenvalue weighted by atomic mass is 16.5. The maximum atomic E-state index is 11.2. The van der Waals surface area contributed by atoms with E-state index in [0.717, 1.165) is 18.4 Å². The topological polar surface area (TPSA) is 26.3 Å². The minimum absolute atomic E-state index is 0.189. The van der Waals surface area contributed by atoms with Crippen LogP contribution in [0.2, 0.25) is 0 Å². The molecule has 0 bridgehead atoms. The number of methoxy groups -OCH3 is 1. The monoisotopic (exact) mass is 296 g/mol. The minimum Gasteiger partial charge on any atom is -0.469 e. The summed E-state index contributed by atoms with van der Waals surface area (Å²) in [5, 5.41) is 0. The summed E-state index contributed by atoms with van der Waals surface area (Å²) in [6, 6.07) is 17.1. The van der Waals surface area contributed by atoms with Gasteiger partial charge in [-0.25, -0.2) is 0 Å². The van der Waals surface area contributed by atoms with Gasteiger partial charge in [0, 0.05) is 0 Å². The summed E-state index contributed by atoms with van der Waals surface area (Å²) < 4.78 is 4.67. The number of aryl methyl sites for hydroxylation is 3. The van der Waals surface area contributed by atoms with E-state index in [-0.39, 0.29) is 5.97 Å². The zero-order chi connectivity index (χ0) is 15.8. The van der Waals surface area contributed by atoms with Crippen molar-refractivity contribution in [1.82, 2.24) is 0 Å². The fourth-order valence-corrected chi connectivity index (χ4v) is 2.48. The number of carbonyl (C=O) groups excluding carboxylic acids is 1. The molecule has 0 aromatic heterocycles. The van der Waals surface area contributed by atoms with E-state index in [1.54, 1.807) is 0 Å². The van der Waals surface area contributed by atoms with Crippen LogP contribution in [0.5, 0.6) is 0 Å². The number of esters is 1. The van der Waals surface area contributed by atoms with Gasteiger partial charge in [-0.2, -0.15) is 0 Å². The first-order valence-corrected chi connectivity index (χ1v) is 7.87. The van der Waals surface area contributed by atoms with Crippen molar-refractivity contribution in [2.24, 2.45) is 0 Å². The highest BCUT2D eigenvalue weighted by molar-refractivity contribution is 5.72. The van der Waals surface area contributed by atoms with Gasteiger partial charge >= 0.3 is 5.97 Å². The quantitative estimate of drug-likeness (QED) is 0.563. The number of hydrogen-bond acceptors (Lipinski definition) is 2. The molecular formula is C20H24O2. The van der Waals surface area contributed by atoms with Crippen LogP contribution < -0.4 is 0 Å². The molecule has 2 nitrogen and oxygen atoms in total. The molecule has 2 heteroatoms. The van der Waals surface area contributed by atoms with Crippen LogP contribution in [-0.4, -0.2) is 13.1 Å². The van der Waals surface area contributed by atoms with Crippen molar-refractivity contribution in [1.29, 1.82) is 0 Å². The van der Waals surface area contributed by atoms with Crippen LogP contribution in [-0.2, 0) is 28.8 Å². The van der Waals surface area contributed by atoms with Crippen molar-refractivity contribution < 1.29 is 9.53 Å². The van der Waals surface area contributed by atoms with Gasteiger partial charge in [0.25, 0.3) is 0 Å². The van der Waals surface area contributed by atoms with Crippen molar-refractivity contribution in [2.45, 2.75) is 39.0 Å². The van der Waals surface area contributed by atoms with Crippen LogP contribution in [0, 0.1) is 6.92 Å². The smallest absolute Gasteiger partial charge is 0.309 e. The van der Waals surface area contributed by atoms with E-state index in [9.17, 15) is 4.79 Å². The Morgan fingerprint density at radius 3 is 1.77 bits per heavy atom. The predicted octanol–water partition coefficient (Wildman–Crippen LogP) is 4.28. The van der Waals surface area contributed by atoms with E-state index in [4.69, 9.17) is 0 Å². The third-order valence-electron chi connectivity index (χ3n) is 3.90. The fraction of sp³-hybridized carbons (Fsp3) is 0.350. The Kier molecular flexibility index (Phi) is 6.20. The van der Waals surface area contributed by atoms with E-state index in [0.29, 0.717) is 6.42 Å². The lowest BCUT2D eigenvalue weighted by Crippen LogP contribution is -2.04. The number of hydrogen-bond donors (Lipinski definition) is 0. The van der Waals surface area contributed by atoms with Gasteiger partial charge in [-0.15, -0.1) is 0 Å². The molecule has 2 rings (SSSR count). The average Bonchev–Trinajstić information content (AvgIpc) is 2.54. The molecule has 0 saturated heterocycles. The lowest BCUT2D eigenvalue weighted by atomic mass is 10.0. The molecule has 2 aromatic rings. The molecule has 0 aliphatic heterocycles. The minimum atomic E-state index is -0.189. The maximum Gasteiger partial charge on any atom is 0.309 e. The number of ether oxygens (including phenoxy) is 1. The summed E-state index contributed by atoms with van der Waals surface area (Å²) in [4.78, 5) is 11.2. The van der Waals surface area contributed by atoms with Crippen LogP contribution in [0.1, 0.15) is 35.1 Å². The first-order chi connectivity index (χ1) is 10.7. The van der Waals surface area contributed by atoms with E-state index < -0.39 is 0 Å². The lowest BCUT2D eigenvalue weighted by molar-refractivity contribution is -0.139. The van der Waals surface area contributed by atoms with Crippen molar-refractivity contribution in [3.63, 3.8) is 0 Å². The first-order valence-electron chi connectivity index (χ1n) is 7.87. The number of benzene rings is 2. The Morgan fingerprint density at radius 1 is 0.818 bits per heavy atom. The molecule has 0 aliphatic rings. The SMILES string of the molecule is COC(=O)Cc1ccc(CCCCc2ccc(C)cc2)cc1. The molecule has 116 valence electrons.